The zero-order valence-electron chi connectivity index (χ0n) is 9.82. The molecule has 1 fully saturated rings. The van der Waals surface area contributed by atoms with Gasteiger partial charge in [0.1, 0.15) is 5.84 Å². The third kappa shape index (κ3) is 4.08. The Morgan fingerprint density at radius 1 is 1.60 bits per heavy atom. The molecule has 3 N–H and O–H groups in total. The summed E-state index contributed by atoms with van der Waals surface area (Å²) in [5.74, 6) is 1.38. The van der Waals surface area contributed by atoms with Gasteiger partial charge in [-0.2, -0.15) is 0 Å². The molecule has 0 saturated carbocycles. The van der Waals surface area contributed by atoms with Gasteiger partial charge in [-0.25, -0.2) is 0 Å². The summed E-state index contributed by atoms with van der Waals surface area (Å²) in [7, 11) is 0. The summed E-state index contributed by atoms with van der Waals surface area (Å²) in [6.07, 6.45) is 3.43. The molecule has 1 aliphatic rings. The molecule has 1 rings (SSSR count). The minimum atomic E-state index is 0.246. The van der Waals surface area contributed by atoms with Crippen molar-refractivity contribution < 1.29 is 5.21 Å². The predicted octanol–water partition coefficient (Wildman–Crippen LogP) is 1.49. The van der Waals surface area contributed by atoms with Crippen molar-refractivity contribution >= 4 is 5.84 Å². The van der Waals surface area contributed by atoms with Crippen LogP contribution < -0.4 is 5.73 Å². The van der Waals surface area contributed by atoms with E-state index in [-0.39, 0.29) is 5.92 Å². The molecule has 0 radical (unpaired) electrons. The Bertz CT molecular complexity index is 216. The summed E-state index contributed by atoms with van der Waals surface area (Å²) in [5, 5.41) is 11.7. The van der Waals surface area contributed by atoms with Crippen LogP contribution in [0.5, 0.6) is 0 Å². The van der Waals surface area contributed by atoms with Gasteiger partial charge in [0.2, 0.25) is 0 Å². The maximum atomic E-state index is 8.64. The molecule has 4 heteroatoms. The Morgan fingerprint density at radius 2 is 2.33 bits per heavy atom. The first-order valence-electron chi connectivity index (χ1n) is 5.83. The molecular weight excluding hydrogens is 190 g/mol. The number of nitrogens with zero attached hydrogens (tertiary/aromatic N) is 2. The summed E-state index contributed by atoms with van der Waals surface area (Å²) in [4.78, 5) is 2.42. The molecule has 0 aromatic heterocycles. The van der Waals surface area contributed by atoms with Crippen molar-refractivity contribution in [3.05, 3.63) is 0 Å². The number of oxime groups is 1. The number of likely N-dealkylation sites (tertiary alicyclic amines) is 1. The fourth-order valence-corrected chi connectivity index (χ4v) is 2.02. The van der Waals surface area contributed by atoms with Gasteiger partial charge in [-0.1, -0.05) is 19.0 Å². The molecule has 0 spiro atoms. The number of rotatable bonds is 4. The zero-order valence-corrected chi connectivity index (χ0v) is 9.82. The standard InChI is InChI=1S/C11H23N3O/c1-9(2)5-7-14-6-3-4-10(8-14)11(12)13-15/h9-10,15H,3-8H2,1-2H3,(H2,12,13). The quantitative estimate of drug-likeness (QED) is 0.322. The highest BCUT2D eigenvalue weighted by Crippen LogP contribution is 2.17. The van der Waals surface area contributed by atoms with Crippen molar-refractivity contribution in [2.24, 2.45) is 22.7 Å². The zero-order chi connectivity index (χ0) is 11.3. The van der Waals surface area contributed by atoms with Crippen molar-refractivity contribution in [1.29, 1.82) is 0 Å². The molecule has 1 aliphatic heterocycles. The van der Waals surface area contributed by atoms with Crippen molar-refractivity contribution in [2.45, 2.75) is 33.1 Å². The van der Waals surface area contributed by atoms with Gasteiger partial charge in [0.15, 0.2) is 0 Å². The highest BCUT2D eigenvalue weighted by atomic mass is 16.4. The molecule has 0 aromatic rings. The molecule has 1 saturated heterocycles. The SMILES string of the molecule is CC(C)CCN1CCCC(C(N)=NO)C1. The molecule has 1 atom stereocenters. The molecule has 1 unspecified atom stereocenters. The number of nitrogens with two attached hydrogens (primary N) is 1. The molecule has 88 valence electrons. The molecular formula is C11H23N3O. The lowest BCUT2D eigenvalue weighted by Gasteiger charge is -2.32. The van der Waals surface area contributed by atoms with Gasteiger partial charge in [0.05, 0.1) is 0 Å². The van der Waals surface area contributed by atoms with Crippen LogP contribution in [0.15, 0.2) is 5.16 Å². The molecule has 15 heavy (non-hydrogen) atoms. The first-order valence-corrected chi connectivity index (χ1v) is 5.83. The summed E-state index contributed by atoms with van der Waals surface area (Å²) in [6, 6.07) is 0. The van der Waals surface area contributed by atoms with E-state index in [0.29, 0.717) is 5.84 Å². The van der Waals surface area contributed by atoms with Crippen LogP contribution in [-0.2, 0) is 0 Å². The molecule has 1 heterocycles. The van der Waals surface area contributed by atoms with E-state index in [9.17, 15) is 0 Å². The predicted molar refractivity (Wildman–Crippen MR) is 62.0 cm³/mol. The summed E-state index contributed by atoms with van der Waals surface area (Å²) in [5.41, 5.74) is 5.64. The summed E-state index contributed by atoms with van der Waals surface area (Å²) >= 11 is 0. The number of amidine groups is 1. The Hall–Kier alpha value is -0.770. The van der Waals surface area contributed by atoms with Crippen LogP contribution >= 0.6 is 0 Å². The Kier molecular flexibility index (Phi) is 4.88. The van der Waals surface area contributed by atoms with Crippen LogP contribution in [0.4, 0.5) is 0 Å². The van der Waals surface area contributed by atoms with Crippen LogP contribution in [0.2, 0.25) is 0 Å². The smallest absolute Gasteiger partial charge is 0.143 e. The van der Waals surface area contributed by atoms with Gasteiger partial charge < -0.3 is 15.8 Å². The van der Waals surface area contributed by atoms with E-state index in [0.717, 1.165) is 38.4 Å². The van der Waals surface area contributed by atoms with Gasteiger partial charge in [-0.15, -0.1) is 0 Å². The van der Waals surface area contributed by atoms with E-state index in [1.807, 2.05) is 0 Å². The fraction of sp³-hybridized carbons (Fsp3) is 0.909. The van der Waals surface area contributed by atoms with E-state index >= 15 is 0 Å². The first kappa shape index (κ1) is 12.3. The van der Waals surface area contributed by atoms with Gasteiger partial charge in [0, 0.05) is 12.5 Å². The monoisotopic (exact) mass is 213 g/mol. The van der Waals surface area contributed by atoms with E-state index in [4.69, 9.17) is 10.9 Å². The number of hydrogen-bond donors (Lipinski definition) is 2. The van der Waals surface area contributed by atoms with Gasteiger partial charge >= 0.3 is 0 Å². The van der Waals surface area contributed by atoms with Crippen LogP contribution in [-0.4, -0.2) is 35.6 Å². The second kappa shape index (κ2) is 5.95. The minimum Gasteiger partial charge on any atom is -0.409 e. The lowest BCUT2D eigenvalue weighted by atomic mass is 9.96. The van der Waals surface area contributed by atoms with Crippen LogP contribution in [0.25, 0.3) is 0 Å². The number of piperidine rings is 1. The van der Waals surface area contributed by atoms with Crippen LogP contribution in [0.1, 0.15) is 33.1 Å². The third-order valence-electron chi connectivity index (χ3n) is 3.06. The Morgan fingerprint density at radius 3 is 2.93 bits per heavy atom. The average molecular weight is 213 g/mol. The minimum absolute atomic E-state index is 0.246. The van der Waals surface area contributed by atoms with E-state index < -0.39 is 0 Å². The number of hydrogen-bond acceptors (Lipinski definition) is 3. The van der Waals surface area contributed by atoms with Crippen LogP contribution in [0, 0.1) is 11.8 Å². The van der Waals surface area contributed by atoms with E-state index in [2.05, 4.69) is 23.9 Å². The van der Waals surface area contributed by atoms with Gasteiger partial charge in [-0.3, -0.25) is 0 Å². The lowest BCUT2D eigenvalue weighted by Crippen LogP contribution is -2.41. The van der Waals surface area contributed by atoms with Crippen molar-refractivity contribution in [2.75, 3.05) is 19.6 Å². The normalized spacial score (nSPS) is 24.7. The maximum absolute atomic E-state index is 8.64. The van der Waals surface area contributed by atoms with Crippen molar-refractivity contribution in [3.63, 3.8) is 0 Å². The van der Waals surface area contributed by atoms with E-state index in [1.54, 1.807) is 0 Å². The van der Waals surface area contributed by atoms with Crippen molar-refractivity contribution in [1.82, 2.24) is 4.90 Å². The molecule has 4 nitrogen and oxygen atoms in total. The topological polar surface area (TPSA) is 61.8 Å². The highest BCUT2D eigenvalue weighted by Gasteiger charge is 2.22. The van der Waals surface area contributed by atoms with E-state index in [1.165, 1.54) is 6.42 Å². The van der Waals surface area contributed by atoms with Crippen molar-refractivity contribution in [3.8, 4) is 0 Å². The summed E-state index contributed by atoms with van der Waals surface area (Å²) in [6.45, 7) is 7.72. The largest absolute Gasteiger partial charge is 0.409 e. The average Bonchev–Trinajstić information content (AvgIpc) is 2.25. The Labute approximate surface area is 92.1 Å². The maximum Gasteiger partial charge on any atom is 0.143 e. The second-order valence-corrected chi connectivity index (χ2v) is 4.85. The highest BCUT2D eigenvalue weighted by molar-refractivity contribution is 5.82. The lowest BCUT2D eigenvalue weighted by molar-refractivity contribution is 0.191. The second-order valence-electron chi connectivity index (χ2n) is 4.85. The summed E-state index contributed by atoms with van der Waals surface area (Å²) < 4.78 is 0. The van der Waals surface area contributed by atoms with Gasteiger partial charge in [-0.05, 0) is 38.3 Å². The van der Waals surface area contributed by atoms with Crippen LogP contribution in [0.3, 0.4) is 0 Å². The Balaban J connectivity index is 2.35. The molecule has 0 aromatic carbocycles. The molecule has 0 aliphatic carbocycles. The first-order chi connectivity index (χ1) is 7.13. The van der Waals surface area contributed by atoms with Gasteiger partial charge in [0.25, 0.3) is 0 Å². The third-order valence-corrected chi connectivity index (χ3v) is 3.06. The fourth-order valence-electron chi connectivity index (χ4n) is 2.02. The molecule has 0 bridgehead atoms. The molecule has 0 amide bonds.